The van der Waals surface area contributed by atoms with Gasteiger partial charge in [-0.1, -0.05) is 64.7 Å². The van der Waals surface area contributed by atoms with Gasteiger partial charge in [-0.2, -0.15) is 0 Å². The van der Waals surface area contributed by atoms with Crippen LogP contribution < -0.4 is 0 Å². The third kappa shape index (κ3) is 7.84. The molecule has 30 heavy (non-hydrogen) atoms. The first kappa shape index (κ1) is 24.1. The summed E-state index contributed by atoms with van der Waals surface area (Å²) in [7, 11) is 0. The predicted molar refractivity (Wildman–Crippen MR) is 126 cm³/mol. The Balaban J connectivity index is 1.68. The van der Waals surface area contributed by atoms with Crippen molar-refractivity contribution in [3.8, 4) is 0 Å². The van der Waals surface area contributed by atoms with E-state index >= 15 is 0 Å². The molecule has 3 nitrogen and oxygen atoms in total. The lowest BCUT2D eigenvalue weighted by molar-refractivity contribution is -0.138. The minimum atomic E-state index is -0.591. The minimum Gasteiger partial charge on any atom is -0.481 e. The fourth-order valence-corrected chi connectivity index (χ4v) is 6.97. The van der Waals surface area contributed by atoms with Gasteiger partial charge in [0.05, 0.1) is 0 Å². The number of hydrogen-bond acceptors (Lipinski definition) is 2. The van der Waals surface area contributed by atoms with E-state index in [0.29, 0.717) is 12.3 Å². The molecule has 0 aromatic carbocycles. The molecule has 0 aromatic rings. The van der Waals surface area contributed by atoms with E-state index in [1.807, 2.05) is 0 Å². The SMILES string of the molecule is CCCCC[C@@H]1C[C@H](CC(=O)O)CC[C@H]1N(CC1CCCCC1)CC1CCCCC1. The van der Waals surface area contributed by atoms with Crippen LogP contribution in [0.25, 0.3) is 0 Å². The summed E-state index contributed by atoms with van der Waals surface area (Å²) in [5.74, 6) is 2.37. The third-order valence-electron chi connectivity index (χ3n) is 8.60. The fourth-order valence-electron chi connectivity index (χ4n) is 6.97. The van der Waals surface area contributed by atoms with Gasteiger partial charge in [-0.25, -0.2) is 0 Å². The Kier molecular flexibility index (Phi) is 10.5. The molecule has 0 heterocycles. The molecule has 0 bridgehead atoms. The van der Waals surface area contributed by atoms with Gasteiger partial charge < -0.3 is 5.11 Å². The van der Waals surface area contributed by atoms with Crippen molar-refractivity contribution < 1.29 is 9.90 Å². The van der Waals surface area contributed by atoms with Crippen LogP contribution in [-0.2, 0) is 4.79 Å². The number of hydrogen-bond donors (Lipinski definition) is 1. The molecule has 3 heteroatoms. The first-order valence-corrected chi connectivity index (χ1v) is 13.6. The van der Waals surface area contributed by atoms with Crippen LogP contribution in [0.3, 0.4) is 0 Å². The van der Waals surface area contributed by atoms with Crippen LogP contribution in [-0.4, -0.2) is 35.1 Å². The highest BCUT2D eigenvalue weighted by atomic mass is 16.4. The second kappa shape index (κ2) is 13.1. The largest absolute Gasteiger partial charge is 0.481 e. The van der Waals surface area contributed by atoms with Crippen molar-refractivity contribution in [3.63, 3.8) is 0 Å². The van der Waals surface area contributed by atoms with Crippen molar-refractivity contribution in [2.75, 3.05) is 13.1 Å². The standard InChI is InChI=1S/C27H49NO2/c1-2-3-6-15-25-18-24(19-27(29)30)16-17-26(25)28(20-22-11-7-4-8-12-22)21-23-13-9-5-10-14-23/h22-26H,2-21H2,1H3,(H,29,30)/t24-,25-,26-/m1/s1. The van der Waals surface area contributed by atoms with Crippen LogP contribution in [0.15, 0.2) is 0 Å². The Morgan fingerprint density at radius 2 is 1.40 bits per heavy atom. The molecular weight excluding hydrogens is 370 g/mol. The van der Waals surface area contributed by atoms with Gasteiger partial charge >= 0.3 is 5.97 Å². The van der Waals surface area contributed by atoms with Crippen molar-refractivity contribution >= 4 is 5.97 Å². The molecule has 0 radical (unpaired) electrons. The summed E-state index contributed by atoms with van der Waals surface area (Å²) in [5.41, 5.74) is 0. The van der Waals surface area contributed by atoms with Crippen LogP contribution in [0.2, 0.25) is 0 Å². The Hall–Kier alpha value is -0.570. The molecule has 3 aliphatic rings. The molecule has 3 aliphatic carbocycles. The molecule has 3 atom stereocenters. The van der Waals surface area contributed by atoms with Crippen molar-refractivity contribution in [2.24, 2.45) is 23.7 Å². The molecule has 3 rings (SSSR count). The third-order valence-corrected chi connectivity index (χ3v) is 8.60. The van der Waals surface area contributed by atoms with E-state index in [1.54, 1.807) is 0 Å². The molecule has 0 aromatic heterocycles. The number of nitrogens with zero attached hydrogens (tertiary/aromatic N) is 1. The van der Waals surface area contributed by atoms with Crippen molar-refractivity contribution in [2.45, 2.75) is 129 Å². The van der Waals surface area contributed by atoms with Gasteiger partial charge in [0.2, 0.25) is 0 Å². The lowest BCUT2D eigenvalue weighted by Crippen LogP contribution is -2.48. The highest BCUT2D eigenvalue weighted by Gasteiger charge is 2.36. The smallest absolute Gasteiger partial charge is 0.303 e. The lowest BCUT2D eigenvalue weighted by atomic mass is 9.73. The predicted octanol–water partition coefficient (Wildman–Crippen LogP) is 7.29. The highest BCUT2D eigenvalue weighted by Crippen LogP contribution is 2.39. The number of rotatable bonds is 11. The molecule has 0 saturated heterocycles. The van der Waals surface area contributed by atoms with Crippen molar-refractivity contribution in [1.82, 2.24) is 4.90 Å². The minimum absolute atomic E-state index is 0.391. The maximum absolute atomic E-state index is 11.4. The van der Waals surface area contributed by atoms with E-state index in [-0.39, 0.29) is 0 Å². The molecule has 0 aliphatic heterocycles. The van der Waals surface area contributed by atoms with Crippen molar-refractivity contribution in [1.29, 1.82) is 0 Å². The summed E-state index contributed by atoms with van der Waals surface area (Å²) in [5, 5.41) is 9.36. The summed E-state index contributed by atoms with van der Waals surface area (Å²) in [4.78, 5) is 14.3. The van der Waals surface area contributed by atoms with Crippen LogP contribution in [0.4, 0.5) is 0 Å². The van der Waals surface area contributed by atoms with E-state index in [1.165, 1.54) is 109 Å². The van der Waals surface area contributed by atoms with Crippen molar-refractivity contribution in [3.05, 3.63) is 0 Å². The molecule has 3 saturated carbocycles. The fraction of sp³-hybridized carbons (Fsp3) is 0.963. The van der Waals surface area contributed by atoms with E-state index in [4.69, 9.17) is 0 Å². The van der Waals surface area contributed by atoms with Gasteiger partial charge in [0.25, 0.3) is 0 Å². The maximum Gasteiger partial charge on any atom is 0.303 e. The average molecular weight is 420 g/mol. The topological polar surface area (TPSA) is 40.5 Å². The molecule has 0 unspecified atom stereocenters. The first-order valence-electron chi connectivity index (χ1n) is 13.6. The van der Waals surface area contributed by atoms with Gasteiger partial charge in [0, 0.05) is 25.6 Å². The Bertz CT molecular complexity index is 461. The summed E-state index contributed by atoms with van der Waals surface area (Å²) in [6.07, 6.45) is 23.6. The Labute approximate surface area is 186 Å². The zero-order valence-electron chi connectivity index (χ0n) is 19.8. The second-order valence-electron chi connectivity index (χ2n) is 11.1. The second-order valence-corrected chi connectivity index (χ2v) is 11.1. The van der Waals surface area contributed by atoms with Crippen LogP contribution in [0, 0.1) is 23.7 Å². The molecule has 174 valence electrons. The Morgan fingerprint density at radius 1 is 0.800 bits per heavy atom. The van der Waals surface area contributed by atoms with Crippen LogP contribution in [0.1, 0.15) is 122 Å². The van der Waals surface area contributed by atoms with Gasteiger partial charge in [-0.3, -0.25) is 9.69 Å². The molecule has 0 amide bonds. The maximum atomic E-state index is 11.4. The molecule has 1 N–H and O–H groups in total. The monoisotopic (exact) mass is 419 g/mol. The van der Waals surface area contributed by atoms with E-state index in [0.717, 1.165) is 36.6 Å². The summed E-state index contributed by atoms with van der Waals surface area (Å²) < 4.78 is 0. The van der Waals surface area contributed by atoms with Crippen LogP contribution in [0.5, 0.6) is 0 Å². The number of aliphatic carboxylic acids is 1. The molecule has 3 fully saturated rings. The summed E-state index contributed by atoms with van der Waals surface area (Å²) in [6.45, 7) is 4.95. The number of carboxylic acids is 1. The molecular formula is C27H49NO2. The van der Waals surface area contributed by atoms with E-state index in [9.17, 15) is 9.90 Å². The number of carbonyl (C=O) groups is 1. The van der Waals surface area contributed by atoms with Gasteiger partial charge in [-0.05, 0) is 75.0 Å². The first-order chi connectivity index (χ1) is 14.7. The highest BCUT2D eigenvalue weighted by molar-refractivity contribution is 5.67. The van der Waals surface area contributed by atoms with Gasteiger partial charge in [-0.15, -0.1) is 0 Å². The quantitative estimate of drug-likeness (QED) is 0.357. The average Bonchev–Trinajstić information content (AvgIpc) is 2.75. The number of carboxylic acid groups (broad SMARTS) is 1. The number of unbranched alkanes of at least 4 members (excludes halogenated alkanes) is 2. The summed E-state index contributed by atoms with van der Waals surface area (Å²) >= 11 is 0. The van der Waals surface area contributed by atoms with E-state index < -0.39 is 5.97 Å². The van der Waals surface area contributed by atoms with Crippen LogP contribution >= 0.6 is 0 Å². The zero-order chi connectivity index (χ0) is 21.2. The summed E-state index contributed by atoms with van der Waals surface area (Å²) in [6, 6.07) is 0.718. The van der Waals surface area contributed by atoms with Gasteiger partial charge in [0.1, 0.15) is 0 Å². The normalized spacial score (nSPS) is 29.3. The lowest BCUT2D eigenvalue weighted by Gasteiger charge is -2.45. The Morgan fingerprint density at radius 3 is 1.93 bits per heavy atom. The molecule has 0 spiro atoms. The zero-order valence-corrected chi connectivity index (χ0v) is 19.8. The van der Waals surface area contributed by atoms with Gasteiger partial charge in [0.15, 0.2) is 0 Å². The van der Waals surface area contributed by atoms with E-state index in [2.05, 4.69) is 11.8 Å².